The average molecular weight is 159 g/mol. The summed E-state index contributed by atoms with van der Waals surface area (Å²) >= 11 is 0. The number of aromatic amines is 1. The van der Waals surface area contributed by atoms with Gasteiger partial charge in [0.05, 0.1) is 6.33 Å². The second-order valence-corrected chi connectivity index (χ2v) is 2.66. The molecule has 1 rings (SSSR count). The van der Waals surface area contributed by atoms with Crippen molar-refractivity contribution in [3.8, 4) is 17.9 Å². The van der Waals surface area contributed by atoms with Crippen molar-refractivity contribution in [3.63, 3.8) is 0 Å². The van der Waals surface area contributed by atoms with Crippen molar-refractivity contribution in [3.05, 3.63) is 17.7 Å². The molecule has 0 aliphatic carbocycles. The fourth-order valence-corrected chi connectivity index (χ4v) is 0.691. The highest BCUT2D eigenvalue weighted by atomic mass is 14.9. The van der Waals surface area contributed by atoms with Gasteiger partial charge in [0.2, 0.25) is 0 Å². The van der Waals surface area contributed by atoms with E-state index in [1.165, 1.54) is 6.33 Å². The predicted molar refractivity (Wildman–Crippen MR) is 45.0 cm³/mol. The van der Waals surface area contributed by atoms with E-state index in [1.807, 2.05) is 19.9 Å². The molecule has 1 aromatic rings. The molecule has 0 spiro atoms. The molecule has 1 aromatic heterocycles. The number of hydrogen-bond acceptors (Lipinski definition) is 2. The molecule has 0 atom stereocenters. The Bertz CT molecular complexity index is 357. The van der Waals surface area contributed by atoms with Crippen molar-refractivity contribution >= 4 is 0 Å². The lowest BCUT2D eigenvalue weighted by Crippen LogP contribution is -1.83. The van der Waals surface area contributed by atoms with Gasteiger partial charge in [0.15, 0.2) is 5.69 Å². The van der Waals surface area contributed by atoms with Gasteiger partial charge in [-0.15, -0.1) is 0 Å². The van der Waals surface area contributed by atoms with Gasteiger partial charge in [-0.1, -0.05) is 19.8 Å². The smallest absolute Gasteiger partial charge is 0.174 e. The lowest BCUT2D eigenvalue weighted by molar-refractivity contribution is 0.866. The highest BCUT2D eigenvalue weighted by molar-refractivity contribution is 5.38. The Morgan fingerprint density at radius 1 is 1.58 bits per heavy atom. The van der Waals surface area contributed by atoms with E-state index in [-0.39, 0.29) is 0 Å². The van der Waals surface area contributed by atoms with Crippen LogP contribution in [0.15, 0.2) is 6.33 Å². The fourth-order valence-electron chi connectivity index (χ4n) is 0.691. The van der Waals surface area contributed by atoms with E-state index < -0.39 is 0 Å². The maximum atomic E-state index is 8.57. The van der Waals surface area contributed by atoms with E-state index in [0.29, 0.717) is 17.3 Å². The number of H-pyrrole nitrogens is 1. The minimum absolute atomic E-state index is 0.305. The van der Waals surface area contributed by atoms with Crippen LogP contribution in [-0.2, 0) is 0 Å². The summed E-state index contributed by atoms with van der Waals surface area (Å²) < 4.78 is 0. The second-order valence-electron chi connectivity index (χ2n) is 2.66. The minimum Gasteiger partial charge on any atom is -0.337 e. The number of rotatable bonds is 0. The maximum Gasteiger partial charge on any atom is 0.174 e. The fraction of sp³-hybridized carbons (Fsp3) is 0.333. The zero-order valence-corrected chi connectivity index (χ0v) is 7.05. The van der Waals surface area contributed by atoms with Crippen molar-refractivity contribution in [2.75, 3.05) is 0 Å². The van der Waals surface area contributed by atoms with Crippen LogP contribution in [0.3, 0.4) is 0 Å². The SMILES string of the molecule is CC(C)C#Cc1[nH]cnc1C#N. The van der Waals surface area contributed by atoms with Gasteiger partial charge in [0, 0.05) is 5.92 Å². The van der Waals surface area contributed by atoms with Crippen molar-refractivity contribution < 1.29 is 0 Å². The molecule has 0 aliphatic rings. The summed E-state index contributed by atoms with van der Waals surface area (Å²) in [5.74, 6) is 6.11. The van der Waals surface area contributed by atoms with Crippen LogP contribution in [0.4, 0.5) is 0 Å². The average Bonchev–Trinajstić information content (AvgIpc) is 2.47. The van der Waals surface area contributed by atoms with Crippen molar-refractivity contribution in [1.82, 2.24) is 9.97 Å². The van der Waals surface area contributed by atoms with Crippen LogP contribution in [0.5, 0.6) is 0 Å². The molecular formula is C9H9N3. The van der Waals surface area contributed by atoms with E-state index >= 15 is 0 Å². The van der Waals surface area contributed by atoms with E-state index in [2.05, 4.69) is 21.8 Å². The zero-order chi connectivity index (χ0) is 8.97. The molecule has 1 heterocycles. The lowest BCUT2D eigenvalue weighted by Gasteiger charge is -1.86. The van der Waals surface area contributed by atoms with Gasteiger partial charge in [-0.2, -0.15) is 5.26 Å². The molecule has 0 fully saturated rings. The molecule has 0 radical (unpaired) electrons. The Morgan fingerprint density at radius 2 is 2.33 bits per heavy atom. The first-order chi connectivity index (χ1) is 5.74. The molecule has 12 heavy (non-hydrogen) atoms. The van der Waals surface area contributed by atoms with Gasteiger partial charge in [0.1, 0.15) is 11.8 Å². The number of imidazole rings is 1. The van der Waals surface area contributed by atoms with Crippen molar-refractivity contribution in [2.24, 2.45) is 5.92 Å². The molecule has 1 N–H and O–H groups in total. The van der Waals surface area contributed by atoms with E-state index in [0.717, 1.165) is 0 Å². The molecule has 60 valence electrons. The van der Waals surface area contributed by atoms with Crippen LogP contribution in [0.2, 0.25) is 0 Å². The van der Waals surface area contributed by atoms with Gasteiger partial charge < -0.3 is 4.98 Å². The summed E-state index contributed by atoms with van der Waals surface area (Å²) in [6.45, 7) is 3.99. The molecule has 3 heteroatoms. The maximum absolute atomic E-state index is 8.57. The molecule has 0 amide bonds. The Hall–Kier alpha value is -1.74. The number of hydrogen-bond donors (Lipinski definition) is 1. The van der Waals surface area contributed by atoms with Gasteiger partial charge in [-0.25, -0.2) is 4.98 Å². The zero-order valence-electron chi connectivity index (χ0n) is 7.05. The van der Waals surface area contributed by atoms with Crippen LogP contribution in [-0.4, -0.2) is 9.97 Å². The number of aromatic nitrogens is 2. The molecule has 0 aliphatic heterocycles. The number of nitriles is 1. The third-order valence-corrected chi connectivity index (χ3v) is 1.23. The molecule has 3 nitrogen and oxygen atoms in total. The van der Waals surface area contributed by atoms with Crippen molar-refractivity contribution in [2.45, 2.75) is 13.8 Å². The first-order valence-electron chi connectivity index (χ1n) is 3.69. The number of nitrogens with zero attached hydrogens (tertiary/aromatic N) is 2. The minimum atomic E-state index is 0.305. The third kappa shape index (κ3) is 1.87. The van der Waals surface area contributed by atoms with Crippen LogP contribution >= 0.6 is 0 Å². The van der Waals surface area contributed by atoms with Crippen LogP contribution in [0.1, 0.15) is 25.2 Å². The van der Waals surface area contributed by atoms with Gasteiger partial charge in [-0.3, -0.25) is 0 Å². The first kappa shape index (κ1) is 8.36. The summed E-state index contributed by atoms with van der Waals surface area (Å²) in [6.07, 6.45) is 1.48. The summed E-state index contributed by atoms with van der Waals surface area (Å²) in [4.78, 5) is 6.60. The summed E-state index contributed by atoms with van der Waals surface area (Å²) in [5, 5.41) is 8.57. The quantitative estimate of drug-likeness (QED) is 0.580. The second kappa shape index (κ2) is 3.59. The predicted octanol–water partition coefficient (Wildman–Crippen LogP) is 1.29. The molecular weight excluding hydrogens is 150 g/mol. The van der Waals surface area contributed by atoms with Gasteiger partial charge in [-0.05, 0) is 5.92 Å². The molecule has 0 saturated carbocycles. The summed E-state index contributed by atoms with van der Waals surface area (Å²) in [5.41, 5.74) is 0.967. The van der Waals surface area contributed by atoms with E-state index in [4.69, 9.17) is 5.26 Å². The van der Waals surface area contributed by atoms with Crippen LogP contribution < -0.4 is 0 Å². The summed E-state index contributed by atoms with van der Waals surface area (Å²) in [7, 11) is 0. The lowest BCUT2D eigenvalue weighted by atomic mass is 10.2. The van der Waals surface area contributed by atoms with Gasteiger partial charge >= 0.3 is 0 Å². The van der Waals surface area contributed by atoms with E-state index in [9.17, 15) is 0 Å². The Labute approximate surface area is 71.4 Å². The Morgan fingerprint density at radius 3 is 2.92 bits per heavy atom. The monoisotopic (exact) mass is 159 g/mol. The van der Waals surface area contributed by atoms with Crippen LogP contribution in [0.25, 0.3) is 0 Å². The van der Waals surface area contributed by atoms with Crippen LogP contribution in [0, 0.1) is 29.1 Å². The molecule has 0 aromatic carbocycles. The van der Waals surface area contributed by atoms with Crippen molar-refractivity contribution in [1.29, 1.82) is 5.26 Å². The highest BCUT2D eigenvalue weighted by Gasteiger charge is 1.99. The highest BCUT2D eigenvalue weighted by Crippen LogP contribution is 1.98. The van der Waals surface area contributed by atoms with E-state index in [1.54, 1.807) is 0 Å². The largest absolute Gasteiger partial charge is 0.337 e. The molecule has 0 bridgehead atoms. The standard InChI is InChI=1S/C9H9N3/c1-7(2)3-4-8-9(5-10)12-6-11-8/h6-7H,1-2H3,(H,11,12). The third-order valence-electron chi connectivity index (χ3n) is 1.23. The normalized spacial score (nSPS) is 8.83. The summed E-state index contributed by atoms with van der Waals surface area (Å²) in [6, 6.07) is 1.95. The molecule has 0 saturated heterocycles. The molecule has 0 unspecified atom stereocenters. The first-order valence-corrected chi connectivity index (χ1v) is 3.69. The Balaban J connectivity index is 2.93. The number of nitrogens with one attached hydrogen (secondary N) is 1. The topological polar surface area (TPSA) is 52.5 Å². The van der Waals surface area contributed by atoms with Gasteiger partial charge in [0.25, 0.3) is 0 Å². The Kier molecular flexibility index (Phi) is 2.50.